The van der Waals surface area contributed by atoms with Crippen molar-refractivity contribution in [1.82, 2.24) is 14.8 Å². The number of nitrogens with one attached hydrogen (secondary N) is 2. The summed E-state index contributed by atoms with van der Waals surface area (Å²) in [6, 6.07) is 11.4. The van der Waals surface area contributed by atoms with Gasteiger partial charge in [0.05, 0.1) is 39.3 Å². The number of nitrogens with zero attached hydrogens (tertiary/aromatic N) is 2. The van der Waals surface area contributed by atoms with Gasteiger partial charge in [0.1, 0.15) is 5.82 Å². The molecule has 0 radical (unpaired) electrons. The average molecular weight is 491 g/mol. The first-order valence-corrected chi connectivity index (χ1v) is 11.2. The molecule has 1 aliphatic rings. The number of thiophene rings is 1. The number of hydrogen-bond donors (Lipinski definition) is 3. The van der Waals surface area contributed by atoms with Gasteiger partial charge in [-0.25, -0.2) is 4.39 Å². The van der Waals surface area contributed by atoms with Crippen LogP contribution in [0.2, 0.25) is 4.34 Å². The molecule has 2 atom stereocenters. The van der Waals surface area contributed by atoms with E-state index in [-0.39, 0.29) is 36.8 Å². The third-order valence-electron chi connectivity index (χ3n) is 5.17. The molecule has 3 heterocycles. The van der Waals surface area contributed by atoms with Crippen LogP contribution in [0.25, 0.3) is 5.69 Å². The molecule has 4 rings (SSSR count). The Morgan fingerprint density at radius 1 is 1.18 bits per heavy atom. The molecule has 2 unspecified atom stereocenters. The summed E-state index contributed by atoms with van der Waals surface area (Å²) in [5.41, 5.74) is 0.0152. The molecule has 0 bridgehead atoms. The predicted octanol–water partition coefficient (Wildman–Crippen LogP) is 2.11. The molecular weight excluding hydrogens is 471 g/mol. The Balaban J connectivity index is 1.34. The molecule has 0 saturated carbocycles. The van der Waals surface area contributed by atoms with Crippen LogP contribution < -0.4 is 16.2 Å². The van der Waals surface area contributed by atoms with Gasteiger partial charge in [-0.15, -0.1) is 11.3 Å². The van der Waals surface area contributed by atoms with Gasteiger partial charge in [0.25, 0.3) is 11.5 Å². The lowest BCUT2D eigenvalue weighted by molar-refractivity contribution is -0.117. The lowest BCUT2D eigenvalue weighted by Crippen LogP contribution is -2.42. The number of anilines is 1. The van der Waals surface area contributed by atoms with Gasteiger partial charge in [0, 0.05) is 31.4 Å². The molecule has 3 N–H and O–H groups in total. The first-order chi connectivity index (χ1) is 15.8. The van der Waals surface area contributed by atoms with E-state index in [0.29, 0.717) is 14.9 Å². The number of benzene rings is 1. The summed E-state index contributed by atoms with van der Waals surface area (Å²) in [7, 11) is 0. The predicted molar refractivity (Wildman–Crippen MR) is 124 cm³/mol. The largest absolute Gasteiger partial charge is 0.390 e. The van der Waals surface area contributed by atoms with Crippen LogP contribution in [-0.4, -0.2) is 58.2 Å². The standard InChI is InChI=1S/C22H20ClFN4O4S/c23-19-7-6-18(33-19)22(32)26-16-10-27(11-17(16)29)12-20(30)25-15-5-4-13(9-14(15)24)28-8-2-1-3-21(28)31/h1-9,16-17,29H,10-12H2,(H,25,30)(H,26,32). The van der Waals surface area contributed by atoms with Crippen LogP contribution in [0.1, 0.15) is 9.67 Å². The quantitative estimate of drug-likeness (QED) is 0.491. The van der Waals surface area contributed by atoms with Crippen molar-refractivity contribution in [2.75, 3.05) is 25.0 Å². The van der Waals surface area contributed by atoms with Crippen LogP contribution >= 0.6 is 22.9 Å². The van der Waals surface area contributed by atoms with E-state index in [0.717, 1.165) is 11.3 Å². The van der Waals surface area contributed by atoms with Crippen LogP contribution in [0, 0.1) is 5.82 Å². The fourth-order valence-corrected chi connectivity index (χ4v) is 4.55. The number of aliphatic hydroxyl groups is 1. The molecule has 8 nitrogen and oxygen atoms in total. The number of carbonyl (C=O) groups excluding carboxylic acids is 2. The normalized spacial score (nSPS) is 18.3. The molecule has 2 aromatic heterocycles. The van der Waals surface area contributed by atoms with Gasteiger partial charge in [-0.2, -0.15) is 0 Å². The Labute approximate surface area is 197 Å². The van der Waals surface area contributed by atoms with Crippen LogP contribution in [0.3, 0.4) is 0 Å². The first kappa shape index (κ1) is 23.1. The maximum absolute atomic E-state index is 14.5. The molecule has 0 aliphatic carbocycles. The van der Waals surface area contributed by atoms with Gasteiger partial charge in [-0.1, -0.05) is 17.7 Å². The summed E-state index contributed by atoms with van der Waals surface area (Å²) in [5.74, 6) is -1.50. The van der Waals surface area contributed by atoms with Crippen molar-refractivity contribution in [3.8, 4) is 5.69 Å². The summed E-state index contributed by atoms with van der Waals surface area (Å²) in [5, 5.41) is 15.5. The Morgan fingerprint density at radius 3 is 2.70 bits per heavy atom. The van der Waals surface area contributed by atoms with Crippen molar-refractivity contribution in [2.45, 2.75) is 12.1 Å². The molecule has 3 aromatic rings. The van der Waals surface area contributed by atoms with Gasteiger partial charge in [0.2, 0.25) is 5.91 Å². The van der Waals surface area contributed by atoms with Crippen molar-refractivity contribution in [3.05, 3.63) is 80.1 Å². The summed E-state index contributed by atoms with van der Waals surface area (Å²) < 4.78 is 16.3. The number of rotatable bonds is 6. The Hall–Kier alpha value is -3.05. The minimum absolute atomic E-state index is 0.0214. The number of aliphatic hydroxyl groups excluding tert-OH is 1. The Bertz CT molecular complexity index is 1250. The number of pyridine rings is 1. The topological polar surface area (TPSA) is 104 Å². The summed E-state index contributed by atoms with van der Waals surface area (Å²) >= 11 is 6.98. The van der Waals surface area contributed by atoms with Gasteiger partial charge >= 0.3 is 0 Å². The van der Waals surface area contributed by atoms with Crippen molar-refractivity contribution in [1.29, 1.82) is 0 Å². The van der Waals surface area contributed by atoms with Crippen LogP contribution in [-0.2, 0) is 4.79 Å². The minimum atomic E-state index is -0.850. The molecule has 0 spiro atoms. The van der Waals surface area contributed by atoms with Crippen LogP contribution in [0.4, 0.5) is 10.1 Å². The van der Waals surface area contributed by atoms with Crippen molar-refractivity contribution in [2.24, 2.45) is 0 Å². The van der Waals surface area contributed by atoms with E-state index in [1.165, 1.54) is 35.0 Å². The molecule has 11 heteroatoms. The fourth-order valence-electron chi connectivity index (χ4n) is 3.60. The van der Waals surface area contributed by atoms with E-state index in [9.17, 15) is 23.9 Å². The second-order valence-electron chi connectivity index (χ2n) is 7.57. The Kier molecular flexibility index (Phi) is 6.89. The van der Waals surface area contributed by atoms with E-state index >= 15 is 0 Å². The molecule has 1 saturated heterocycles. The highest BCUT2D eigenvalue weighted by Gasteiger charge is 2.33. The molecule has 2 amide bonds. The molecular formula is C22H20ClFN4O4S. The number of hydrogen-bond acceptors (Lipinski definition) is 6. The first-order valence-electron chi connectivity index (χ1n) is 10.0. The lowest BCUT2D eigenvalue weighted by atomic mass is 10.2. The van der Waals surface area contributed by atoms with Crippen LogP contribution in [0.5, 0.6) is 0 Å². The minimum Gasteiger partial charge on any atom is -0.390 e. The van der Waals surface area contributed by atoms with Gasteiger partial charge in [-0.3, -0.25) is 23.9 Å². The third-order valence-corrected chi connectivity index (χ3v) is 6.40. The second kappa shape index (κ2) is 9.84. The van der Waals surface area contributed by atoms with Gasteiger partial charge in [-0.05, 0) is 30.3 Å². The van der Waals surface area contributed by atoms with Crippen molar-refractivity contribution >= 4 is 40.4 Å². The molecule has 1 fully saturated rings. The van der Waals surface area contributed by atoms with Crippen LogP contribution in [0.15, 0.2) is 59.5 Å². The SMILES string of the molecule is O=C(CN1CC(O)C(NC(=O)c2ccc(Cl)s2)C1)Nc1ccc(-n2ccccc2=O)cc1F. The smallest absolute Gasteiger partial charge is 0.261 e. The number of β-amino-alcohol motifs (C(OH)–C–C–N with tert-alkyl or cyclic N) is 1. The number of amides is 2. The molecule has 1 aliphatic heterocycles. The fraction of sp³-hybridized carbons (Fsp3) is 0.227. The maximum atomic E-state index is 14.5. The monoisotopic (exact) mass is 490 g/mol. The van der Waals surface area contributed by atoms with E-state index in [2.05, 4.69) is 10.6 Å². The second-order valence-corrected chi connectivity index (χ2v) is 9.28. The zero-order valence-corrected chi connectivity index (χ0v) is 18.8. The average Bonchev–Trinajstić information content (AvgIpc) is 3.35. The van der Waals surface area contributed by atoms with E-state index in [1.807, 2.05) is 0 Å². The van der Waals surface area contributed by atoms with E-state index in [4.69, 9.17) is 11.6 Å². The summed E-state index contributed by atoms with van der Waals surface area (Å²) in [6.07, 6.45) is 0.674. The highest BCUT2D eigenvalue weighted by molar-refractivity contribution is 7.18. The van der Waals surface area contributed by atoms with E-state index in [1.54, 1.807) is 29.2 Å². The summed E-state index contributed by atoms with van der Waals surface area (Å²) in [4.78, 5) is 38.7. The number of likely N-dealkylation sites (tertiary alicyclic amines) is 1. The highest BCUT2D eigenvalue weighted by Crippen LogP contribution is 2.22. The van der Waals surface area contributed by atoms with Gasteiger partial charge < -0.3 is 15.7 Å². The zero-order chi connectivity index (χ0) is 23.5. The number of aromatic nitrogens is 1. The number of carbonyl (C=O) groups is 2. The third kappa shape index (κ3) is 5.48. The summed E-state index contributed by atoms with van der Waals surface area (Å²) in [6.45, 7) is 0.354. The Morgan fingerprint density at radius 2 is 2.00 bits per heavy atom. The molecule has 1 aromatic carbocycles. The van der Waals surface area contributed by atoms with E-state index < -0.39 is 23.9 Å². The highest BCUT2D eigenvalue weighted by atomic mass is 35.5. The zero-order valence-electron chi connectivity index (χ0n) is 17.2. The number of halogens is 2. The van der Waals surface area contributed by atoms with Gasteiger partial charge in [0.15, 0.2) is 0 Å². The molecule has 172 valence electrons. The van der Waals surface area contributed by atoms with Crippen molar-refractivity contribution < 1.29 is 19.1 Å². The lowest BCUT2D eigenvalue weighted by Gasteiger charge is -2.16. The van der Waals surface area contributed by atoms with Crippen molar-refractivity contribution in [3.63, 3.8) is 0 Å². The molecule has 33 heavy (non-hydrogen) atoms. The maximum Gasteiger partial charge on any atom is 0.261 e.